The van der Waals surface area contributed by atoms with Crippen molar-refractivity contribution in [1.29, 1.82) is 0 Å². The van der Waals surface area contributed by atoms with Gasteiger partial charge in [0.15, 0.2) is 0 Å². The first kappa shape index (κ1) is 13.0. The van der Waals surface area contributed by atoms with Crippen molar-refractivity contribution in [2.75, 3.05) is 11.9 Å². The van der Waals surface area contributed by atoms with Crippen LogP contribution >= 0.6 is 0 Å². The van der Waals surface area contributed by atoms with Crippen LogP contribution in [-0.4, -0.2) is 23.7 Å². The minimum absolute atomic E-state index is 0.275. The van der Waals surface area contributed by atoms with Gasteiger partial charge in [-0.1, -0.05) is 26.0 Å². The van der Waals surface area contributed by atoms with Gasteiger partial charge >= 0.3 is 6.09 Å². The molecule has 0 spiro atoms. The molecule has 5 heteroatoms. The van der Waals surface area contributed by atoms with E-state index in [0.717, 1.165) is 0 Å². The van der Waals surface area contributed by atoms with Crippen LogP contribution in [0.5, 0.6) is 0 Å². The Hall–Kier alpha value is -2.04. The maximum absolute atomic E-state index is 11.8. The molecule has 0 aromatic heterocycles. The van der Waals surface area contributed by atoms with Gasteiger partial charge in [-0.3, -0.25) is 10.1 Å². The second-order valence-electron chi connectivity index (χ2n) is 4.08. The molecule has 0 fully saturated rings. The molecule has 1 rings (SSSR count). The zero-order valence-corrected chi connectivity index (χ0v) is 9.86. The zero-order chi connectivity index (χ0) is 12.8. The molecule has 3 N–H and O–H groups in total. The first-order valence-electron chi connectivity index (χ1n) is 5.38. The van der Waals surface area contributed by atoms with Crippen molar-refractivity contribution < 1.29 is 14.7 Å². The molecule has 0 bridgehead atoms. The summed E-state index contributed by atoms with van der Waals surface area (Å²) >= 11 is 0. The SMILES string of the molecule is CC(C)CNC(=O)c1ccccc1NC(=O)O. The van der Waals surface area contributed by atoms with Crippen molar-refractivity contribution in [3.63, 3.8) is 0 Å². The molecule has 1 aromatic carbocycles. The fourth-order valence-electron chi connectivity index (χ4n) is 1.30. The van der Waals surface area contributed by atoms with Gasteiger partial charge in [0.1, 0.15) is 0 Å². The van der Waals surface area contributed by atoms with Gasteiger partial charge in [0, 0.05) is 6.54 Å². The average molecular weight is 236 g/mol. The lowest BCUT2D eigenvalue weighted by Gasteiger charge is -2.10. The Balaban J connectivity index is 2.81. The maximum atomic E-state index is 11.8. The second-order valence-corrected chi connectivity index (χ2v) is 4.08. The fourth-order valence-corrected chi connectivity index (χ4v) is 1.30. The highest BCUT2D eigenvalue weighted by molar-refractivity contribution is 6.02. The highest BCUT2D eigenvalue weighted by atomic mass is 16.4. The lowest BCUT2D eigenvalue weighted by molar-refractivity contribution is 0.0950. The summed E-state index contributed by atoms with van der Waals surface area (Å²) in [6.45, 7) is 4.53. The lowest BCUT2D eigenvalue weighted by atomic mass is 10.1. The monoisotopic (exact) mass is 236 g/mol. The van der Waals surface area contributed by atoms with E-state index in [1.165, 1.54) is 0 Å². The van der Waals surface area contributed by atoms with E-state index in [1.807, 2.05) is 13.8 Å². The highest BCUT2D eigenvalue weighted by Crippen LogP contribution is 2.14. The van der Waals surface area contributed by atoms with Gasteiger partial charge in [-0.25, -0.2) is 4.79 Å². The van der Waals surface area contributed by atoms with E-state index in [0.29, 0.717) is 23.7 Å². The van der Waals surface area contributed by atoms with Gasteiger partial charge in [-0.05, 0) is 18.1 Å². The van der Waals surface area contributed by atoms with Gasteiger partial charge in [0.25, 0.3) is 5.91 Å². The number of amides is 2. The Morgan fingerprint density at radius 1 is 1.29 bits per heavy atom. The van der Waals surface area contributed by atoms with Crippen molar-refractivity contribution in [2.24, 2.45) is 5.92 Å². The molecular weight excluding hydrogens is 220 g/mol. The van der Waals surface area contributed by atoms with Gasteiger partial charge in [0.05, 0.1) is 11.3 Å². The Morgan fingerprint density at radius 2 is 1.94 bits per heavy atom. The van der Waals surface area contributed by atoms with E-state index >= 15 is 0 Å². The van der Waals surface area contributed by atoms with Gasteiger partial charge < -0.3 is 10.4 Å². The zero-order valence-electron chi connectivity index (χ0n) is 9.86. The molecule has 0 radical (unpaired) electrons. The molecule has 1 aromatic rings. The Kier molecular flexibility index (Phi) is 4.51. The molecule has 0 unspecified atom stereocenters. The van der Waals surface area contributed by atoms with Crippen molar-refractivity contribution in [3.8, 4) is 0 Å². The molecule has 2 amide bonds. The standard InChI is InChI=1S/C12H16N2O3/c1-8(2)7-13-11(15)9-5-3-4-6-10(9)14-12(16)17/h3-6,8,14H,7H2,1-2H3,(H,13,15)(H,16,17). The van der Waals surface area contributed by atoms with E-state index in [4.69, 9.17) is 5.11 Å². The molecule has 0 aliphatic heterocycles. The van der Waals surface area contributed by atoms with Crippen LogP contribution in [0.2, 0.25) is 0 Å². The topological polar surface area (TPSA) is 78.4 Å². The molecule has 0 aliphatic rings. The first-order valence-corrected chi connectivity index (χ1v) is 5.38. The molecular formula is C12H16N2O3. The summed E-state index contributed by atoms with van der Waals surface area (Å²) in [6, 6.07) is 6.50. The van der Waals surface area contributed by atoms with E-state index in [9.17, 15) is 9.59 Å². The van der Waals surface area contributed by atoms with Crippen LogP contribution in [0, 0.1) is 5.92 Å². The largest absolute Gasteiger partial charge is 0.465 e. The number of benzene rings is 1. The molecule has 0 aliphatic carbocycles. The molecule has 92 valence electrons. The maximum Gasteiger partial charge on any atom is 0.409 e. The van der Waals surface area contributed by atoms with Crippen LogP contribution in [0.15, 0.2) is 24.3 Å². The third-order valence-corrected chi connectivity index (χ3v) is 2.08. The second kappa shape index (κ2) is 5.89. The van der Waals surface area contributed by atoms with Gasteiger partial charge in [0.2, 0.25) is 0 Å². The summed E-state index contributed by atoms with van der Waals surface area (Å²) in [5, 5.41) is 13.6. The normalized spacial score (nSPS) is 10.1. The lowest BCUT2D eigenvalue weighted by Crippen LogP contribution is -2.28. The number of carboxylic acid groups (broad SMARTS) is 1. The molecule has 17 heavy (non-hydrogen) atoms. The highest BCUT2D eigenvalue weighted by Gasteiger charge is 2.12. The Bertz CT molecular complexity index is 416. The Morgan fingerprint density at radius 3 is 2.53 bits per heavy atom. The van der Waals surface area contributed by atoms with Crippen LogP contribution < -0.4 is 10.6 Å². The number of carbonyl (C=O) groups excluding carboxylic acids is 1. The summed E-state index contributed by atoms with van der Waals surface area (Å²) in [4.78, 5) is 22.4. The van der Waals surface area contributed by atoms with Crippen molar-refractivity contribution in [1.82, 2.24) is 5.32 Å². The first-order chi connectivity index (χ1) is 8.00. The quantitative estimate of drug-likeness (QED) is 0.749. The van der Waals surface area contributed by atoms with Crippen LogP contribution in [0.3, 0.4) is 0 Å². The van der Waals surface area contributed by atoms with Crippen molar-refractivity contribution >= 4 is 17.7 Å². The number of nitrogens with one attached hydrogen (secondary N) is 2. The third kappa shape index (κ3) is 4.14. The molecule has 0 saturated carbocycles. The minimum atomic E-state index is -1.19. The summed E-state index contributed by atoms with van der Waals surface area (Å²) in [7, 11) is 0. The van der Waals surface area contributed by atoms with E-state index < -0.39 is 6.09 Å². The summed E-state index contributed by atoms with van der Waals surface area (Å²) in [5.41, 5.74) is 0.622. The molecule has 5 nitrogen and oxygen atoms in total. The number of para-hydroxylation sites is 1. The van der Waals surface area contributed by atoms with E-state index in [1.54, 1.807) is 24.3 Å². The Labute approximate surface area is 99.8 Å². The van der Waals surface area contributed by atoms with Gasteiger partial charge in [-0.2, -0.15) is 0 Å². The van der Waals surface area contributed by atoms with Crippen LogP contribution in [0.1, 0.15) is 24.2 Å². The molecule has 0 saturated heterocycles. The number of carbonyl (C=O) groups is 2. The van der Waals surface area contributed by atoms with Crippen molar-refractivity contribution in [3.05, 3.63) is 29.8 Å². The van der Waals surface area contributed by atoms with Crippen LogP contribution in [-0.2, 0) is 0 Å². The number of rotatable bonds is 4. The van der Waals surface area contributed by atoms with E-state index in [-0.39, 0.29) is 5.91 Å². The molecule has 0 heterocycles. The predicted molar refractivity (Wildman–Crippen MR) is 65.3 cm³/mol. The van der Waals surface area contributed by atoms with Gasteiger partial charge in [-0.15, -0.1) is 0 Å². The summed E-state index contributed by atoms with van der Waals surface area (Å²) in [5.74, 6) is 0.0709. The average Bonchev–Trinajstić information content (AvgIpc) is 2.25. The number of anilines is 1. The van der Waals surface area contributed by atoms with Crippen molar-refractivity contribution in [2.45, 2.75) is 13.8 Å². The number of hydrogen-bond donors (Lipinski definition) is 3. The fraction of sp³-hybridized carbons (Fsp3) is 0.333. The summed E-state index contributed by atoms with van der Waals surface area (Å²) < 4.78 is 0. The van der Waals surface area contributed by atoms with Crippen LogP contribution in [0.4, 0.5) is 10.5 Å². The molecule has 0 atom stereocenters. The summed E-state index contributed by atoms with van der Waals surface area (Å²) in [6.07, 6.45) is -1.19. The van der Waals surface area contributed by atoms with Crippen LogP contribution in [0.25, 0.3) is 0 Å². The predicted octanol–water partition coefficient (Wildman–Crippen LogP) is 2.16. The minimum Gasteiger partial charge on any atom is -0.465 e. The van der Waals surface area contributed by atoms with E-state index in [2.05, 4.69) is 10.6 Å². The number of hydrogen-bond acceptors (Lipinski definition) is 2. The third-order valence-electron chi connectivity index (χ3n) is 2.08. The smallest absolute Gasteiger partial charge is 0.409 e.